The minimum Gasteiger partial charge on any atom is -0.497 e. The zero-order valence-corrected chi connectivity index (χ0v) is 10.7. The molecule has 0 aliphatic carbocycles. The van der Waals surface area contributed by atoms with Gasteiger partial charge in [0.1, 0.15) is 11.5 Å². The van der Waals surface area contributed by atoms with E-state index in [0.717, 1.165) is 17.0 Å². The van der Waals surface area contributed by atoms with Crippen molar-refractivity contribution in [3.63, 3.8) is 0 Å². The molecule has 1 aliphatic rings. The molecule has 5 nitrogen and oxygen atoms in total. The smallest absolute Gasteiger partial charge is 0.231 e. The molecule has 0 N–H and O–H groups in total. The number of rotatable bonds is 3. The maximum absolute atomic E-state index is 5.38. The SMILES string of the molecule is COc1ccnc(-c2cc3c(cc2OC)OCO3)c1. The van der Waals surface area contributed by atoms with Crippen molar-refractivity contribution in [3.05, 3.63) is 30.5 Å². The van der Waals surface area contributed by atoms with Crippen LogP contribution in [0.5, 0.6) is 23.0 Å². The summed E-state index contributed by atoms with van der Waals surface area (Å²) in [4.78, 5) is 4.34. The summed E-state index contributed by atoms with van der Waals surface area (Å²) in [5.41, 5.74) is 1.60. The second-order valence-electron chi connectivity index (χ2n) is 3.99. The average Bonchev–Trinajstić information content (AvgIpc) is 2.93. The van der Waals surface area contributed by atoms with Gasteiger partial charge < -0.3 is 18.9 Å². The molecule has 5 heteroatoms. The number of pyridine rings is 1. The summed E-state index contributed by atoms with van der Waals surface area (Å²) in [6.07, 6.45) is 1.69. The van der Waals surface area contributed by atoms with Crippen LogP contribution < -0.4 is 18.9 Å². The van der Waals surface area contributed by atoms with Crippen LogP contribution in [0.3, 0.4) is 0 Å². The maximum Gasteiger partial charge on any atom is 0.231 e. The van der Waals surface area contributed by atoms with E-state index in [2.05, 4.69) is 4.98 Å². The quantitative estimate of drug-likeness (QED) is 0.847. The van der Waals surface area contributed by atoms with E-state index in [1.165, 1.54) is 0 Å². The highest BCUT2D eigenvalue weighted by Crippen LogP contribution is 2.42. The van der Waals surface area contributed by atoms with Gasteiger partial charge in [-0.2, -0.15) is 0 Å². The Balaban J connectivity index is 2.12. The molecule has 0 spiro atoms. The van der Waals surface area contributed by atoms with Crippen molar-refractivity contribution in [3.8, 4) is 34.3 Å². The first-order valence-corrected chi connectivity index (χ1v) is 5.80. The van der Waals surface area contributed by atoms with E-state index < -0.39 is 0 Å². The van der Waals surface area contributed by atoms with Gasteiger partial charge in [0.05, 0.1) is 19.9 Å². The van der Waals surface area contributed by atoms with E-state index in [4.69, 9.17) is 18.9 Å². The molecule has 1 aliphatic heterocycles. The molecule has 0 saturated carbocycles. The van der Waals surface area contributed by atoms with Gasteiger partial charge in [0.15, 0.2) is 11.5 Å². The van der Waals surface area contributed by atoms with Gasteiger partial charge in [0, 0.05) is 23.9 Å². The molecule has 0 radical (unpaired) electrons. The lowest BCUT2D eigenvalue weighted by atomic mass is 10.1. The van der Waals surface area contributed by atoms with E-state index in [-0.39, 0.29) is 6.79 Å². The lowest BCUT2D eigenvalue weighted by Crippen LogP contribution is -1.92. The van der Waals surface area contributed by atoms with Crippen LogP contribution in [0.4, 0.5) is 0 Å². The van der Waals surface area contributed by atoms with Gasteiger partial charge in [-0.05, 0) is 12.1 Å². The highest BCUT2D eigenvalue weighted by molar-refractivity contribution is 5.72. The lowest BCUT2D eigenvalue weighted by molar-refractivity contribution is 0.174. The minimum absolute atomic E-state index is 0.230. The van der Waals surface area contributed by atoms with Crippen LogP contribution >= 0.6 is 0 Å². The summed E-state index contributed by atoms with van der Waals surface area (Å²) >= 11 is 0. The Morgan fingerprint density at radius 2 is 1.84 bits per heavy atom. The van der Waals surface area contributed by atoms with Crippen molar-refractivity contribution in [2.75, 3.05) is 21.0 Å². The highest BCUT2D eigenvalue weighted by Gasteiger charge is 2.19. The number of benzene rings is 1. The Labute approximate surface area is 110 Å². The maximum atomic E-state index is 5.38. The third kappa shape index (κ3) is 2.03. The van der Waals surface area contributed by atoms with Crippen molar-refractivity contribution >= 4 is 0 Å². The third-order valence-electron chi connectivity index (χ3n) is 2.94. The fourth-order valence-electron chi connectivity index (χ4n) is 1.98. The number of hydrogen-bond acceptors (Lipinski definition) is 5. The van der Waals surface area contributed by atoms with E-state index in [9.17, 15) is 0 Å². The fourth-order valence-corrected chi connectivity index (χ4v) is 1.98. The monoisotopic (exact) mass is 259 g/mol. The van der Waals surface area contributed by atoms with Gasteiger partial charge in [0.25, 0.3) is 0 Å². The molecule has 0 atom stereocenters. The zero-order chi connectivity index (χ0) is 13.2. The summed E-state index contributed by atoms with van der Waals surface area (Å²) in [6.45, 7) is 0.230. The molecule has 2 aromatic rings. The molecule has 0 saturated heterocycles. The van der Waals surface area contributed by atoms with Crippen LogP contribution in [-0.4, -0.2) is 26.0 Å². The molecular formula is C14H13NO4. The topological polar surface area (TPSA) is 49.8 Å². The Morgan fingerprint density at radius 3 is 2.58 bits per heavy atom. The minimum atomic E-state index is 0.230. The van der Waals surface area contributed by atoms with Crippen molar-refractivity contribution < 1.29 is 18.9 Å². The van der Waals surface area contributed by atoms with E-state index in [0.29, 0.717) is 17.2 Å². The number of hydrogen-bond donors (Lipinski definition) is 0. The van der Waals surface area contributed by atoms with Gasteiger partial charge in [-0.15, -0.1) is 0 Å². The summed E-state index contributed by atoms with van der Waals surface area (Å²) in [5.74, 6) is 2.80. The van der Waals surface area contributed by atoms with Crippen LogP contribution in [0.15, 0.2) is 30.5 Å². The molecule has 19 heavy (non-hydrogen) atoms. The largest absolute Gasteiger partial charge is 0.497 e. The summed E-state index contributed by atoms with van der Waals surface area (Å²) in [6, 6.07) is 7.31. The molecule has 1 aromatic carbocycles. The van der Waals surface area contributed by atoms with Crippen molar-refractivity contribution in [2.24, 2.45) is 0 Å². The number of methoxy groups -OCH3 is 2. The van der Waals surface area contributed by atoms with Gasteiger partial charge in [-0.1, -0.05) is 0 Å². The van der Waals surface area contributed by atoms with Crippen LogP contribution in [0.25, 0.3) is 11.3 Å². The van der Waals surface area contributed by atoms with Crippen LogP contribution in [0, 0.1) is 0 Å². The Kier molecular flexibility index (Phi) is 2.87. The Bertz CT molecular complexity index is 612. The standard InChI is InChI=1S/C14H13NO4/c1-16-9-3-4-15-11(5-9)10-6-13-14(19-8-18-13)7-12(10)17-2/h3-7H,8H2,1-2H3. The van der Waals surface area contributed by atoms with E-state index >= 15 is 0 Å². The predicted molar refractivity (Wildman–Crippen MR) is 68.9 cm³/mol. The Morgan fingerprint density at radius 1 is 1.05 bits per heavy atom. The second kappa shape index (κ2) is 4.68. The normalized spacial score (nSPS) is 12.3. The molecule has 1 aromatic heterocycles. The van der Waals surface area contributed by atoms with Crippen LogP contribution in [0.2, 0.25) is 0 Å². The fraction of sp³-hybridized carbons (Fsp3) is 0.214. The number of aromatic nitrogens is 1. The number of nitrogens with zero attached hydrogens (tertiary/aromatic N) is 1. The first-order chi connectivity index (χ1) is 9.31. The molecule has 0 amide bonds. The van der Waals surface area contributed by atoms with Crippen molar-refractivity contribution in [1.82, 2.24) is 4.98 Å². The van der Waals surface area contributed by atoms with Crippen molar-refractivity contribution in [2.45, 2.75) is 0 Å². The lowest BCUT2D eigenvalue weighted by Gasteiger charge is -2.10. The van der Waals surface area contributed by atoms with Crippen LogP contribution in [0.1, 0.15) is 0 Å². The first kappa shape index (κ1) is 11.6. The number of fused-ring (bicyclic) bond motifs is 1. The first-order valence-electron chi connectivity index (χ1n) is 5.80. The summed E-state index contributed by atoms with van der Waals surface area (Å²) in [7, 11) is 3.23. The third-order valence-corrected chi connectivity index (χ3v) is 2.94. The van der Waals surface area contributed by atoms with Gasteiger partial charge in [-0.3, -0.25) is 4.98 Å². The summed E-state index contributed by atoms with van der Waals surface area (Å²) < 4.78 is 21.3. The second-order valence-corrected chi connectivity index (χ2v) is 3.99. The van der Waals surface area contributed by atoms with Gasteiger partial charge >= 0.3 is 0 Å². The molecule has 2 heterocycles. The molecular weight excluding hydrogens is 246 g/mol. The zero-order valence-electron chi connectivity index (χ0n) is 10.7. The highest BCUT2D eigenvalue weighted by atomic mass is 16.7. The summed E-state index contributed by atoms with van der Waals surface area (Å²) in [5, 5.41) is 0. The molecule has 3 rings (SSSR count). The average molecular weight is 259 g/mol. The van der Waals surface area contributed by atoms with Gasteiger partial charge in [0.2, 0.25) is 6.79 Å². The van der Waals surface area contributed by atoms with E-state index in [1.54, 1.807) is 32.5 Å². The van der Waals surface area contributed by atoms with Crippen LogP contribution in [-0.2, 0) is 0 Å². The molecule has 0 bridgehead atoms. The molecule has 0 unspecified atom stereocenters. The molecule has 98 valence electrons. The Hall–Kier alpha value is -2.43. The van der Waals surface area contributed by atoms with Crippen molar-refractivity contribution in [1.29, 1.82) is 0 Å². The van der Waals surface area contributed by atoms with Gasteiger partial charge in [-0.25, -0.2) is 0 Å². The predicted octanol–water partition coefficient (Wildman–Crippen LogP) is 2.49. The number of ether oxygens (including phenoxy) is 4. The van der Waals surface area contributed by atoms with E-state index in [1.807, 2.05) is 12.1 Å². The molecule has 0 fully saturated rings.